The van der Waals surface area contributed by atoms with Crippen molar-refractivity contribution in [3.8, 4) is 5.75 Å². The summed E-state index contributed by atoms with van der Waals surface area (Å²) in [6, 6.07) is 5.90. The van der Waals surface area contributed by atoms with E-state index in [2.05, 4.69) is 0 Å². The summed E-state index contributed by atoms with van der Waals surface area (Å²) in [4.78, 5) is 13.8. The Hall–Kier alpha value is -1.22. The van der Waals surface area contributed by atoms with E-state index in [9.17, 15) is 4.79 Å². The zero-order chi connectivity index (χ0) is 13.0. The minimum absolute atomic E-state index is 0.182. The Kier molecular flexibility index (Phi) is 4.48. The molecule has 0 spiro atoms. The van der Waals surface area contributed by atoms with E-state index in [0.717, 1.165) is 29.8 Å². The van der Waals surface area contributed by atoms with Gasteiger partial charge in [0.2, 0.25) is 5.91 Å². The Labute approximate surface area is 113 Å². The van der Waals surface area contributed by atoms with Gasteiger partial charge in [0.05, 0.1) is 12.3 Å². The van der Waals surface area contributed by atoms with E-state index in [4.69, 9.17) is 16.3 Å². The summed E-state index contributed by atoms with van der Waals surface area (Å²) in [5, 5.41) is 0. The fraction of sp³-hybridized carbons (Fsp3) is 0.500. The largest absolute Gasteiger partial charge is 0.494 e. The van der Waals surface area contributed by atoms with Gasteiger partial charge in [-0.1, -0.05) is 6.07 Å². The van der Waals surface area contributed by atoms with Gasteiger partial charge in [-0.05, 0) is 31.9 Å². The summed E-state index contributed by atoms with van der Waals surface area (Å²) >= 11 is 5.71. The number of anilines is 1. The van der Waals surface area contributed by atoms with Gasteiger partial charge >= 0.3 is 0 Å². The first-order chi connectivity index (χ1) is 8.77. The molecule has 0 saturated heterocycles. The molecule has 1 heterocycles. The molecule has 1 aromatic carbocycles. The van der Waals surface area contributed by atoms with Crippen molar-refractivity contribution in [2.45, 2.75) is 26.2 Å². The van der Waals surface area contributed by atoms with Crippen molar-refractivity contribution in [1.82, 2.24) is 0 Å². The second kappa shape index (κ2) is 6.10. The minimum atomic E-state index is 0.182. The SMILES string of the molecule is CCOc1cccc2c1CCC(=O)N2CCCCl. The first-order valence-corrected chi connectivity index (χ1v) is 6.92. The lowest BCUT2D eigenvalue weighted by Crippen LogP contribution is -2.36. The number of amides is 1. The lowest BCUT2D eigenvalue weighted by molar-refractivity contribution is -0.118. The van der Waals surface area contributed by atoms with Gasteiger partial charge in [0, 0.05) is 24.4 Å². The summed E-state index contributed by atoms with van der Waals surface area (Å²) in [5.74, 6) is 1.66. The molecule has 0 bridgehead atoms. The summed E-state index contributed by atoms with van der Waals surface area (Å²) in [6.07, 6.45) is 2.13. The highest BCUT2D eigenvalue weighted by Gasteiger charge is 2.25. The van der Waals surface area contributed by atoms with E-state index in [-0.39, 0.29) is 5.91 Å². The number of fused-ring (bicyclic) bond motifs is 1. The second-order valence-corrected chi connectivity index (χ2v) is 4.65. The maximum atomic E-state index is 12.0. The Morgan fingerprint density at radius 2 is 2.22 bits per heavy atom. The second-order valence-electron chi connectivity index (χ2n) is 4.27. The van der Waals surface area contributed by atoms with Gasteiger partial charge in [-0.2, -0.15) is 0 Å². The van der Waals surface area contributed by atoms with E-state index in [1.54, 1.807) is 0 Å². The quantitative estimate of drug-likeness (QED) is 0.768. The summed E-state index contributed by atoms with van der Waals surface area (Å²) in [6.45, 7) is 3.30. The smallest absolute Gasteiger partial charge is 0.227 e. The highest BCUT2D eigenvalue weighted by atomic mass is 35.5. The first kappa shape index (κ1) is 13.2. The number of hydrogen-bond acceptors (Lipinski definition) is 2. The Morgan fingerprint density at radius 1 is 1.39 bits per heavy atom. The van der Waals surface area contributed by atoms with Crippen molar-refractivity contribution >= 4 is 23.2 Å². The monoisotopic (exact) mass is 267 g/mol. The summed E-state index contributed by atoms with van der Waals surface area (Å²) in [5.41, 5.74) is 2.14. The predicted molar refractivity (Wildman–Crippen MR) is 73.6 cm³/mol. The van der Waals surface area contributed by atoms with Crippen molar-refractivity contribution in [3.63, 3.8) is 0 Å². The Bertz CT molecular complexity index is 434. The van der Waals surface area contributed by atoms with Crippen LogP contribution in [0.3, 0.4) is 0 Å². The molecule has 0 fully saturated rings. The molecule has 1 aliphatic heterocycles. The van der Waals surface area contributed by atoms with Crippen molar-refractivity contribution in [1.29, 1.82) is 0 Å². The number of carbonyl (C=O) groups is 1. The van der Waals surface area contributed by atoms with Gasteiger partial charge in [-0.15, -0.1) is 11.6 Å². The molecule has 4 heteroatoms. The average molecular weight is 268 g/mol. The van der Waals surface area contributed by atoms with Gasteiger partial charge in [-0.25, -0.2) is 0 Å². The number of ether oxygens (including phenoxy) is 1. The third-order valence-electron chi connectivity index (χ3n) is 3.10. The van der Waals surface area contributed by atoms with Crippen LogP contribution in [0.5, 0.6) is 5.75 Å². The number of rotatable bonds is 5. The van der Waals surface area contributed by atoms with E-state index >= 15 is 0 Å². The molecular formula is C14H18ClNO2. The number of nitrogens with zero attached hydrogens (tertiary/aromatic N) is 1. The molecule has 0 N–H and O–H groups in total. The van der Waals surface area contributed by atoms with Crippen molar-refractivity contribution in [2.24, 2.45) is 0 Å². The molecule has 1 aliphatic rings. The van der Waals surface area contributed by atoms with Gasteiger partial charge in [-0.3, -0.25) is 4.79 Å². The van der Waals surface area contributed by atoms with E-state index < -0.39 is 0 Å². The molecule has 0 aliphatic carbocycles. The third kappa shape index (κ3) is 2.61. The topological polar surface area (TPSA) is 29.5 Å². The molecular weight excluding hydrogens is 250 g/mol. The van der Waals surface area contributed by atoms with Crippen LogP contribution < -0.4 is 9.64 Å². The van der Waals surface area contributed by atoms with Crippen LogP contribution in [-0.4, -0.2) is 24.9 Å². The molecule has 98 valence electrons. The van der Waals surface area contributed by atoms with Crippen LogP contribution in [-0.2, 0) is 11.2 Å². The first-order valence-electron chi connectivity index (χ1n) is 6.39. The number of alkyl halides is 1. The molecule has 2 rings (SSSR count). The van der Waals surface area contributed by atoms with Crippen LogP contribution in [0, 0.1) is 0 Å². The van der Waals surface area contributed by atoms with Gasteiger partial charge in [0.1, 0.15) is 5.75 Å². The van der Waals surface area contributed by atoms with Crippen LogP contribution in [0.4, 0.5) is 5.69 Å². The maximum absolute atomic E-state index is 12.0. The summed E-state index contributed by atoms with van der Waals surface area (Å²) in [7, 11) is 0. The van der Waals surface area contributed by atoms with Gasteiger partial charge < -0.3 is 9.64 Å². The standard InChI is InChI=1S/C14H18ClNO2/c1-2-18-13-6-3-5-12-11(13)7-8-14(17)16(12)10-4-9-15/h3,5-6H,2,4,7-10H2,1H3. The predicted octanol–water partition coefficient (Wildman–Crippen LogP) is 2.99. The van der Waals surface area contributed by atoms with Crippen molar-refractivity contribution < 1.29 is 9.53 Å². The number of benzene rings is 1. The lowest BCUT2D eigenvalue weighted by atomic mass is 10.00. The molecule has 0 atom stereocenters. The number of hydrogen-bond donors (Lipinski definition) is 0. The number of carbonyl (C=O) groups excluding carboxylic acids is 1. The number of halogens is 1. The zero-order valence-electron chi connectivity index (χ0n) is 10.6. The fourth-order valence-electron chi connectivity index (χ4n) is 2.31. The molecule has 0 saturated carbocycles. The molecule has 1 amide bonds. The normalized spacial score (nSPS) is 14.6. The summed E-state index contributed by atoms with van der Waals surface area (Å²) < 4.78 is 5.63. The van der Waals surface area contributed by atoms with Crippen LogP contribution in [0.25, 0.3) is 0 Å². The van der Waals surface area contributed by atoms with Crippen LogP contribution in [0.1, 0.15) is 25.3 Å². The van der Waals surface area contributed by atoms with Crippen LogP contribution in [0.2, 0.25) is 0 Å². The van der Waals surface area contributed by atoms with E-state index in [1.807, 2.05) is 30.0 Å². The van der Waals surface area contributed by atoms with E-state index in [0.29, 0.717) is 25.5 Å². The maximum Gasteiger partial charge on any atom is 0.227 e. The molecule has 18 heavy (non-hydrogen) atoms. The molecule has 0 radical (unpaired) electrons. The lowest BCUT2D eigenvalue weighted by Gasteiger charge is -2.30. The average Bonchev–Trinajstić information content (AvgIpc) is 2.38. The molecule has 0 unspecified atom stereocenters. The molecule has 0 aromatic heterocycles. The van der Waals surface area contributed by atoms with Crippen LogP contribution in [0.15, 0.2) is 18.2 Å². The Morgan fingerprint density at radius 3 is 2.94 bits per heavy atom. The van der Waals surface area contributed by atoms with E-state index in [1.165, 1.54) is 0 Å². The van der Waals surface area contributed by atoms with Gasteiger partial charge in [0.15, 0.2) is 0 Å². The highest BCUT2D eigenvalue weighted by molar-refractivity contribution is 6.17. The van der Waals surface area contributed by atoms with Crippen LogP contribution >= 0.6 is 11.6 Å². The van der Waals surface area contributed by atoms with Crippen molar-refractivity contribution in [3.05, 3.63) is 23.8 Å². The zero-order valence-corrected chi connectivity index (χ0v) is 11.4. The molecule has 3 nitrogen and oxygen atoms in total. The highest BCUT2D eigenvalue weighted by Crippen LogP contribution is 2.34. The third-order valence-corrected chi connectivity index (χ3v) is 3.37. The van der Waals surface area contributed by atoms with Crippen molar-refractivity contribution in [2.75, 3.05) is 23.9 Å². The van der Waals surface area contributed by atoms with Gasteiger partial charge in [0.25, 0.3) is 0 Å². The Balaban J connectivity index is 2.31. The minimum Gasteiger partial charge on any atom is -0.494 e. The fourth-order valence-corrected chi connectivity index (χ4v) is 2.43. The molecule has 1 aromatic rings.